The van der Waals surface area contributed by atoms with E-state index in [0.717, 1.165) is 6.29 Å². The number of hydrogen-bond acceptors (Lipinski definition) is 3. The molecule has 0 aromatic heterocycles. The van der Waals surface area contributed by atoms with Gasteiger partial charge < -0.3 is 4.79 Å². The minimum absolute atomic E-state index is 0.225. The summed E-state index contributed by atoms with van der Waals surface area (Å²) in [5.41, 5.74) is 1.97. The molecule has 0 saturated carbocycles. The van der Waals surface area contributed by atoms with E-state index in [1.165, 1.54) is 0 Å². The molecule has 0 aromatic rings. The van der Waals surface area contributed by atoms with Crippen LogP contribution in [0.1, 0.15) is 19.3 Å². The molecule has 0 atom stereocenters. The number of nitrogens with two attached hydrogens (primary N) is 1. The maximum atomic E-state index is 10.3. The van der Waals surface area contributed by atoms with Gasteiger partial charge in [0.15, 0.2) is 0 Å². The van der Waals surface area contributed by atoms with Gasteiger partial charge in [0.1, 0.15) is 6.29 Å². The Bertz CT molecular complexity index is 103. The number of unbranched alkanes of at least 4 members (excludes halogenated alkanes) is 1. The van der Waals surface area contributed by atoms with Crippen molar-refractivity contribution >= 4 is 12.2 Å². The van der Waals surface area contributed by atoms with Crippen LogP contribution in [0.25, 0.3) is 0 Å². The van der Waals surface area contributed by atoms with Gasteiger partial charge in [-0.25, -0.2) is 5.84 Å². The Kier molecular flexibility index (Phi) is 4.72. The summed E-state index contributed by atoms with van der Waals surface area (Å²) >= 11 is 0. The van der Waals surface area contributed by atoms with E-state index in [0.29, 0.717) is 19.3 Å². The van der Waals surface area contributed by atoms with E-state index in [1.807, 2.05) is 5.43 Å². The van der Waals surface area contributed by atoms with Crippen molar-refractivity contribution in [1.29, 1.82) is 0 Å². The summed E-state index contributed by atoms with van der Waals surface area (Å²) in [6.45, 7) is 0. The molecule has 0 aliphatic heterocycles. The quantitative estimate of drug-likeness (QED) is 0.174. The summed E-state index contributed by atoms with van der Waals surface area (Å²) < 4.78 is 0. The van der Waals surface area contributed by atoms with Crippen LogP contribution < -0.4 is 11.3 Å². The highest BCUT2D eigenvalue weighted by Gasteiger charge is 1.94. The number of hydrogen-bond donors (Lipinski definition) is 2. The summed E-state index contributed by atoms with van der Waals surface area (Å²) in [4.78, 5) is 20.0. The van der Waals surface area contributed by atoms with Crippen LogP contribution in [0.4, 0.5) is 0 Å². The highest BCUT2D eigenvalue weighted by Crippen LogP contribution is 1.89. The first-order valence-electron chi connectivity index (χ1n) is 2.74. The molecule has 9 heavy (non-hydrogen) atoms. The van der Waals surface area contributed by atoms with Gasteiger partial charge in [-0.15, -0.1) is 0 Å². The highest BCUT2D eigenvalue weighted by atomic mass is 16.2. The molecule has 0 radical (unpaired) electrons. The number of nitrogens with one attached hydrogen (secondary N) is 1. The summed E-state index contributed by atoms with van der Waals surface area (Å²) in [6.07, 6.45) is 2.11. The molecule has 0 heterocycles. The molecule has 52 valence electrons. The van der Waals surface area contributed by atoms with Crippen LogP contribution in [0, 0.1) is 0 Å². The van der Waals surface area contributed by atoms with Gasteiger partial charge in [-0.2, -0.15) is 0 Å². The topological polar surface area (TPSA) is 72.2 Å². The van der Waals surface area contributed by atoms with Crippen molar-refractivity contribution in [1.82, 2.24) is 5.43 Å². The lowest BCUT2D eigenvalue weighted by Crippen LogP contribution is -2.29. The van der Waals surface area contributed by atoms with Crippen molar-refractivity contribution in [2.24, 2.45) is 5.84 Å². The zero-order valence-corrected chi connectivity index (χ0v) is 5.09. The second-order valence-electron chi connectivity index (χ2n) is 1.63. The van der Waals surface area contributed by atoms with Crippen molar-refractivity contribution in [2.75, 3.05) is 0 Å². The number of amides is 1. The monoisotopic (exact) mass is 130 g/mol. The summed E-state index contributed by atoms with van der Waals surface area (Å²) in [5, 5.41) is 0. The molecule has 0 aliphatic rings. The summed E-state index contributed by atoms with van der Waals surface area (Å²) in [7, 11) is 0. The molecule has 4 nitrogen and oxygen atoms in total. The molecular formula is C5H10N2O2. The van der Waals surface area contributed by atoms with Crippen LogP contribution in [0.15, 0.2) is 0 Å². The van der Waals surface area contributed by atoms with Crippen molar-refractivity contribution in [3.05, 3.63) is 0 Å². The van der Waals surface area contributed by atoms with E-state index < -0.39 is 0 Å². The zero-order valence-electron chi connectivity index (χ0n) is 5.09. The average molecular weight is 130 g/mol. The second-order valence-corrected chi connectivity index (χ2v) is 1.63. The van der Waals surface area contributed by atoms with Gasteiger partial charge in [-0.05, 0) is 6.42 Å². The lowest BCUT2D eigenvalue weighted by atomic mass is 10.2. The first-order valence-corrected chi connectivity index (χ1v) is 2.74. The van der Waals surface area contributed by atoms with E-state index in [1.54, 1.807) is 0 Å². The van der Waals surface area contributed by atoms with Crippen molar-refractivity contribution in [3.63, 3.8) is 0 Å². The first-order chi connectivity index (χ1) is 4.31. The Balaban J connectivity index is 3.06. The minimum Gasteiger partial charge on any atom is -0.303 e. The molecule has 3 N–H and O–H groups in total. The number of aldehydes is 1. The SMILES string of the molecule is NNC(=O)CCCC=O. The van der Waals surface area contributed by atoms with Crippen molar-refractivity contribution in [3.8, 4) is 0 Å². The van der Waals surface area contributed by atoms with Gasteiger partial charge in [-0.3, -0.25) is 10.2 Å². The third-order valence-electron chi connectivity index (χ3n) is 0.887. The van der Waals surface area contributed by atoms with Gasteiger partial charge >= 0.3 is 0 Å². The van der Waals surface area contributed by atoms with Crippen LogP contribution in [-0.4, -0.2) is 12.2 Å². The van der Waals surface area contributed by atoms with Crippen LogP contribution in [0.5, 0.6) is 0 Å². The highest BCUT2D eigenvalue weighted by molar-refractivity contribution is 5.75. The fourth-order valence-electron chi connectivity index (χ4n) is 0.418. The number of rotatable bonds is 4. The van der Waals surface area contributed by atoms with E-state index in [4.69, 9.17) is 5.84 Å². The standard InChI is InChI=1S/C5H10N2O2/c6-7-5(9)3-1-2-4-8/h4H,1-3,6H2,(H,7,9). The Morgan fingerprint density at radius 3 is 2.78 bits per heavy atom. The number of hydrazine groups is 1. The Labute approximate surface area is 53.4 Å². The lowest BCUT2D eigenvalue weighted by Gasteiger charge is -1.93. The second kappa shape index (κ2) is 5.24. The maximum Gasteiger partial charge on any atom is 0.233 e. The van der Waals surface area contributed by atoms with E-state index >= 15 is 0 Å². The molecule has 0 aliphatic carbocycles. The largest absolute Gasteiger partial charge is 0.303 e. The van der Waals surface area contributed by atoms with Gasteiger partial charge in [0.25, 0.3) is 0 Å². The molecular weight excluding hydrogens is 120 g/mol. The van der Waals surface area contributed by atoms with Crippen molar-refractivity contribution < 1.29 is 9.59 Å². The third-order valence-corrected chi connectivity index (χ3v) is 0.887. The zero-order chi connectivity index (χ0) is 7.11. The number of carbonyl (C=O) groups excluding carboxylic acids is 2. The van der Waals surface area contributed by atoms with Gasteiger partial charge in [0.2, 0.25) is 5.91 Å². The Hall–Kier alpha value is -0.900. The molecule has 0 fully saturated rings. The molecule has 0 bridgehead atoms. The normalized spacial score (nSPS) is 8.56. The minimum atomic E-state index is -0.225. The fourth-order valence-corrected chi connectivity index (χ4v) is 0.418. The Morgan fingerprint density at radius 1 is 1.67 bits per heavy atom. The predicted molar refractivity (Wildman–Crippen MR) is 32.2 cm³/mol. The third kappa shape index (κ3) is 4.96. The summed E-state index contributed by atoms with van der Waals surface area (Å²) in [6, 6.07) is 0. The molecule has 0 rings (SSSR count). The fraction of sp³-hybridized carbons (Fsp3) is 0.600. The van der Waals surface area contributed by atoms with E-state index in [2.05, 4.69) is 0 Å². The van der Waals surface area contributed by atoms with E-state index in [-0.39, 0.29) is 5.91 Å². The molecule has 0 saturated heterocycles. The van der Waals surface area contributed by atoms with Crippen LogP contribution in [-0.2, 0) is 9.59 Å². The molecule has 4 heteroatoms. The molecule has 0 spiro atoms. The van der Waals surface area contributed by atoms with Crippen LogP contribution in [0.3, 0.4) is 0 Å². The van der Waals surface area contributed by atoms with Crippen LogP contribution >= 0.6 is 0 Å². The van der Waals surface area contributed by atoms with Crippen LogP contribution in [0.2, 0.25) is 0 Å². The van der Waals surface area contributed by atoms with Gasteiger partial charge in [0.05, 0.1) is 0 Å². The Morgan fingerprint density at radius 2 is 2.33 bits per heavy atom. The number of carbonyl (C=O) groups is 2. The summed E-state index contributed by atoms with van der Waals surface area (Å²) in [5.74, 6) is 4.54. The predicted octanol–water partition coefficient (Wildman–Crippen LogP) is -0.655. The first kappa shape index (κ1) is 8.10. The lowest BCUT2D eigenvalue weighted by molar-refractivity contribution is -0.121. The molecule has 0 aromatic carbocycles. The smallest absolute Gasteiger partial charge is 0.233 e. The van der Waals surface area contributed by atoms with Crippen molar-refractivity contribution in [2.45, 2.75) is 19.3 Å². The molecule has 0 unspecified atom stereocenters. The van der Waals surface area contributed by atoms with E-state index in [9.17, 15) is 9.59 Å². The molecule has 1 amide bonds. The van der Waals surface area contributed by atoms with Gasteiger partial charge in [0, 0.05) is 12.8 Å². The maximum absolute atomic E-state index is 10.3. The van der Waals surface area contributed by atoms with Gasteiger partial charge in [-0.1, -0.05) is 0 Å². The average Bonchev–Trinajstić information content (AvgIpc) is 1.89.